The summed E-state index contributed by atoms with van der Waals surface area (Å²) < 4.78 is 6.59. The Labute approximate surface area is 133 Å². The normalized spacial score (nSPS) is 17.0. The molecule has 0 fully saturated rings. The first kappa shape index (κ1) is 15.2. The number of amides is 1. The molecular weight excluding hydrogens is 296 g/mol. The van der Waals surface area contributed by atoms with Crippen LogP contribution in [-0.2, 0) is 27.3 Å². The fraction of sp³-hybridized carbons (Fsp3) is 0.375. The molecule has 1 aromatic carbocycles. The largest absolute Gasteiger partial charge is 0.465 e. The molecule has 1 aromatic heterocycles. The Hall–Kier alpha value is -2.70. The number of carbonyl (C=O) groups is 2. The van der Waals surface area contributed by atoms with Crippen LogP contribution in [0.2, 0.25) is 0 Å². The minimum atomic E-state index is -0.488. The van der Waals surface area contributed by atoms with Crippen LogP contribution in [0, 0.1) is 0 Å². The monoisotopic (exact) mass is 314 g/mol. The van der Waals surface area contributed by atoms with Crippen LogP contribution in [0.1, 0.15) is 24.2 Å². The highest BCUT2D eigenvalue weighted by Gasteiger charge is 2.35. The molecule has 0 N–H and O–H groups in total. The van der Waals surface area contributed by atoms with Gasteiger partial charge in [0.1, 0.15) is 12.6 Å². The molecule has 0 spiro atoms. The zero-order valence-electron chi connectivity index (χ0n) is 12.9. The fourth-order valence-electron chi connectivity index (χ4n) is 2.74. The molecule has 7 heteroatoms. The van der Waals surface area contributed by atoms with Crippen molar-refractivity contribution in [2.75, 3.05) is 13.2 Å². The lowest BCUT2D eigenvalue weighted by molar-refractivity contribution is -0.151. The van der Waals surface area contributed by atoms with Gasteiger partial charge >= 0.3 is 5.97 Å². The molecule has 7 nitrogen and oxygen atoms in total. The maximum atomic E-state index is 12.8. The molecular formula is C16H18N4O3. The number of aromatic nitrogens is 3. The highest BCUT2D eigenvalue weighted by molar-refractivity contribution is 5.85. The van der Waals surface area contributed by atoms with Gasteiger partial charge in [-0.25, -0.2) is 4.68 Å². The van der Waals surface area contributed by atoms with E-state index in [9.17, 15) is 9.59 Å². The number of fused-ring (bicyclic) bond motifs is 1. The van der Waals surface area contributed by atoms with Gasteiger partial charge in [-0.15, -0.1) is 5.10 Å². The minimum absolute atomic E-state index is 0.0524. The average molecular weight is 314 g/mol. The minimum Gasteiger partial charge on any atom is -0.465 e. The highest BCUT2D eigenvalue weighted by atomic mass is 16.5. The Kier molecular flexibility index (Phi) is 4.36. The standard InChI is InChI=1S/C16H18N4O3/c1-2-23-15(21)11-19-10-13-9-17-18-20(13)14(16(19)22)8-12-6-4-3-5-7-12/h3-7,9,14H,2,8,10-11H2,1H3/t14-/m0/s1. The molecule has 3 rings (SSSR count). The summed E-state index contributed by atoms with van der Waals surface area (Å²) in [6.45, 7) is 2.31. The van der Waals surface area contributed by atoms with E-state index < -0.39 is 12.0 Å². The third-order valence-electron chi connectivity index (χ3n) is 3.79. The number of rotatable bonds is 5. The zero-order chi connectivity index (χ0) is 16.2. The van der Waals surface area contributed by atoms with E-state index in [1.807, 2.05) is 30.3 Å². The summed E-state index contributed by atoms with van der Waals surface area (Å²) in [5.74, 6) is -0.542. The summed E-state index contributed by atoms with van der Waals surface area (Å²) in [6, 6.07) is 9.24. The SMILES string of the molecule is CCOC(=O)CN1Cc2cnnn2[C@@H](Cc2ccccc2)C1=O. The van der Waals surface area contributed by atoms with Gasteiger partial charge in [-0.2, -0.15) is 0 Å². The van der Waals surface area contributed by atoms with Crippen molar-refractivity contribution >= 4 is 11.9 Å². The average Bonchev–Trinajstić information content (AvgIpc) is 3.00. The number of esters is 1. The molecule has 1 aliphatic rings. The van der Waals surface area contributed by atoms with E-state index in [1.54, 1.807) is 17.8 Å². The van der Waals surface area contributed by atoms with E-state index in [-0.39, 0.29) is 12.5 Å². The van der Waals surface area contributed by atoms with E-state index in [0.29, 0.717) is 19.6 Å². The Balaban J connectivity index is 1.83. The van der Waals surface area contributed by atoms with Crippen molar-refractivity contribution in [3.63, 3.8) is 0 Å². The first-order valence-electron chi connectivity index (χ1n) is 7.56. The number of carbonyl (C=O) groups excluding carboxylic acids is 2. The summed E-state index contributed by atoms with van der Waals surface area (Å²) >= 11 is 0. The van der Waals surface area contributed by atoms with Crippen molar-refractivity contribution in [1.29, 1.82) is 0 Å². The number of nitrogens with zero attached hydrogens (tertiary/aromatic N) is 4. The molecule has 1 atom stereocenters. The second-order valence-electron chi connectivity index (χ2n) is 5.37. The first-order valence-corrected chi connectivity index (χ1v) is 7.56. The quantitative estimate of drug-likeness (QED) is 0.769. The Morgan fingerprint density at radius 2 is 2.13 bits per heavy atom. The van der Waals surface area contributed by atoms with Crippen molar-refractivity contribution in [1.82, 2.24) is 19.9 Å². The molecule has 120 valence electrons. The van der Waals surface area contributed by atoms with Gasteiger partial charge < -0.3 is 9.64 Å². The predicted molar refractivity (Wildman–Crippen MR) is 81.3 cm³/mol. The van der Waals surface area contributed by atoms with Crippen molar-refractivity contribution in [3.8, 4) is 0 Å². The van der Waals surface area contributed by atoms with Crippen LogP contribution in [0.15, 0.2) is 36.5 Å². The molecule has 0 saturated heterocycles. The lowest BCUT2D eigenvalue weighted by Crippen LogP contribution is -2.46. The van der Waals surface area contributed by atoms with Crippen LogP contribution in [0.4, 0.5) is 0 Å². The number of benzene rings is 1. The van der Waals surface area contributed by atoms with Gasteiger partial charge in [-0.05, 0) is 12.5 Å². The summed E-state index contributed by atoms with van der Waals surface area (Å²) in [7, 11) is 0. The molecule has 0 aliphatic carbocycles. The lowest BCUT2D eigenvalue weighted by atomic mass is 10.0. The van der Waals surface area contributed by atoms with Crippen LogP contribution in [-0.4, -0.2) is 44.9 Å². The molecule has 0 bridgehead atoms. The molecule has 2 heterocycles. The van der Waals surface area contributed by atoms with E-state index in [0.717, 1.165) is 11.3 Å². The summed E-state index contributed by atoms with van der Waals surface area (Å²) in [6.07, 6.45) is 2.14. The van der Waals surface area contributed by atoms with Crippen molar-refractivity contribution < 1.29 is 14.3 Å². The van der Waals surface area contributed by atoms with Gasteiger partial charge in [-0.3, -0.25) is 9.59 Å². The van der Waals surface area contributed by atoms with Gasteiger partial charge in [0.15, 0.2) is 0 Å². The predicted octanol–water partition coefficient (Wildman–Crippen LogP) is 0.967. The second-order valence-corrected chi connectivity index (χ2v) is 5.37. The van der Waals surface area contributed by atoms with Crippen LogP contribution < -0.4 is 0 Å². The number of ether oxygens (including phenoxy) is 1. The van der Waals surface area contributed by atoms with E-state index in [1.165, 1.54) is 4.90 Å². The van der Waals surface area contributed by atoms with E-state index in [4.69, 9.17) is 4.74 Å². The molecule has 1 aliphatic heterocycles. The second kappa shape index (κ2) is 6.60. The maximum absolute atomic E-state index is 12.8. The smallest absolute Gasteiger partial charge is 0.325 e. The Morgan fingerprint density at radius 3 is 2.87 bits per heavy atom. The Morgan fingerprint density at radius 1 is 1.35 bits per heavy atom. The topological polar surface area (TPSA) is 77.3 Å². The van der Waals surface area contributed by atoms with Gasteiger partial charge in [0, 0.05) is 6.42 Å². The highest BCUT2D eigenvalue weighted by Crippen LogP contribution is 2.24. The van der Waals surface area contributed by atoms with Gasteiger partial charge in [0.2, 0.25) is 5.91 Å². The third kappa shape index (κ3) is 3.23. The van der Waals surface area contributed by atoms with Crippen LogP contribution in [0.3, 0.4) is 0 Å². The van der Waals surface area contributed by atoms with Gasteiger partial charge in [-0.1, -0.05) is 35.5 Å². The molecule has 0 radical (unpaired) electrons. The number of hydrogen-bond acceptors (Lipinski definition) is 5. The zero-order valence-corrected chi connectivity index (χ0v) is 12.9. The summed E-state index contributed by atoms with van der Waals surface area (Å²) in [4.78, 5) is 26.0. The van der Waals surface area contributed by atoms with Crippen LogP contribution in [0.5, 0.6) is 0 Å². The first-order chi connectivity index (χ1) is 11.2. The molecule has 1 amide bonds. The summed E-state index contributed by atoms with van der Waals surface area (Å²) in [5.41, 5.74) is 1.85. The molecule has 2 aromatic rings. The third-order valence-corrected chi connectivity index (χ3v) is 3.79. The van der Waals surface area contributed by atoms with Crippen LogP contribution >= 0.6 is 0 Å². The maximum Gasteiger partial charge on any atom is 0.325 e. The van der Waals surface area contributed by atoms with Gasteiger partial charge in [0.05, 0.1) is 25.0 Å². The Bertz CT molecular complexity index is 698. The van der Waals surface area contributed by atoms with E-state index >= 15 is 0 Å². The number of hydrogen-bond donors (Lipinski definition) is 0. The molecule has 0 unspecified atom stereocenters. The van der Waals surface area contributed by atoms with Gasteiger partial charge in [0.25, 0.3) is 0 Å². The van der Waals surface area contributed by atoms with Crippen LogP contribution in [0.25, 0.3) is 0 Å². The van der Waals surface area contributed by atoms with Crippen molar-refractivity contribution in [3.05, 3.63) is 47.8 Å². The summed E-state index contributed by atoms with van der Waals surface area (Å²) in [5, 5.41) is 7.94. The fourth-order valence-corrected chi connectivity index (χ4v) is 2.74. The van der Waals surface area contributed by atoms with Crippen molar-refractivity contribution in [2.24, 2.45) is 0 Å². The lowest BCUT2D eigenvalue weighted by Gasteiger charge is -2.32. The van der Waals surface area contributed by atoms with E-state index in [2.05, 4.69) is 10.3 Å². The van der Waals surface area contributed by atoms with Crippen molar-refractivity contribution in [2.45, 2.75) is 25.9 Å². The molecule has 0 saturated carbocycles. The molecule has 23 heavy (non-hydrogen) atoms.